The van der Waals surface area contributed by atoms with E-state index < -0.39 is 6.10 Å². The summed E-state index contributed by atoms with van der Waals surface area (Å²) in [5, 5.41) is 10.4. The van der Waals surface area contributed by atoms with Crippen LogP contribution in [-0.4, -0.2) is 5.11 Å². The normalized spacial score (nSPS) is 12.4. The molecule has 1 unspecified atom stereocenters. The Morgan fingerprint density at radius 3 is 2.28 bits per heavy atom. The zero-order valence-electron chi connectivity index (χ0n) is 11.3. The van der Waals surface area contributed by atoms with E-state index in [4.69, 9.17) is 0 Å². The summed E-state index contributed by atoms with van der Waals surface area (Å²) in [4.78, 5) is 0. The molecule has 0 aliphatic heterocycles. The van der Waals surface area contributed by atoms with E-state index in [1.807, 2.05) is 24.3 Å². The molecule has 0 aliphatic rings. The van der Waals surface area contributed by atoms with E-state index in [0.717, 1.165) is 5.56 Å². The molecule has 0 amide bonds. The van der Waals surface area contributed by atoms with Crippen LogP contribution in [0.4, 0.5) is 0 Å². The molecule has 1 atom stereocenters. The van der Waals surface area contributed by atoms with Crippen LogP contribution in [0.15, 0.2) is 42.5 Å². The largest absolute Gasteiger partial charge is 0.388 e. The zero-order chi connectivity index (χ0) is 13.1. The molecule has 2 rings (SSSR count). The molecule has 94 valence electrons. The van der Waals surface area contributed by atoms with Crippen LogP contribution >= 0.6 is 0 Å². The molecule has 18 heavy (non-hydrogen) atoms. The SMILES string of the molecule is Cc1ccccc1CC(O)c1cccc(C)c1C. The lowest BCUT2D eigenvalue weighted by molar-refractivity contribution is 0.177. The molecule has 0 saturated carbocycles. The Morgan fingerprint density at radius 1 is 0.889 bits per heavy atom. The van der Waals surface area contributed by atoms with Crippen molar-refractivity contribution >= 4 is 0 Å². The van der Waals surface area contributed by atoms with Crippen molar-refractivity contribution in [2.75, 3.05) is 0 Å². The van der Waals surface area contributed by atoms with Gasteiger partial charge in [0.1, 0.15) is 0 Å². The molecule has 2 aromatic rings. The van der Waals surface area contributed by atoms with Crippen LogP contribution in [0.1, 0.15) is 33.9 Å². The van der Waals surface area contributed by atoms with E-state index >= 15 is 0 Å². The van der Waals surface area contributed by atoms with Crippen LogP contribution in [0.3, 0.4) is 0 Å². The maximum atomic E-state index is 10.4. The van der Waals surface area contributed by atoms with Gasteiger partial charge in [-0.2, -0.15) is 0 Å². The number of benzene rings is 2. The van der Waals surface area contributed by atoms with Gasteiger partial charge in [-0.25, -0.2) is 0 Å². The van der Waals surface area contributed by atoms with Crippen molar-refractivity contribution in [3.05, 3.63) is 70.3 Å². The third-order valence-electron chi connectivity index (χ3n) is 3.68. The second-order valence-corrected chi connectivity index (χ2v) is 4.94. The molecule has 1 N–H and O–H groups in total. The first-order valence-corrected chi connectivity index (χ1v) is 6.38. The molecule has 0 heterocycles. The van der Waals surface area contributed by atoms with Gasteiger partial charge in [0, 0.05) is 6.42 Å². The maximum absolute atomic E-state index is 10.4. The first-order valence-electron chi connectivity index (χ1n) is 6.38. The fourth-order valence-corrected chi connectivity index (χ4v) is 2.29. The summed E-state index contributed by atoms with van der Waals surface area (Å²) in [5.41, 5.74) is 5.92. The van der Waals surface area contributed by atoms with Crippen LogP contribution in [0.2, 0.25) is 0 Å². The predicted octanol–water partition coefficient (Wildman–Crippen LogP) is 3.89. The predicted molar refractivity (Wildman–Crippen MR) is 75.8 cm³/mol. The minimum atomic E-state index is -0.425. The fourth-order valence-electron chi connectivity index (χ4n) is 2.29. The number of hydrogen-bond donors (Lipinski definition) is 1. The van der Waals surface area contributed by atoms with Crippen molar-refractivity contribution in [2.24, 2.45) is 0 Å². The lowest BCUT2D eigenvalue weighted by atomic mass is 9.94. The number of aliphatic hydroxyl groups is 1. The van der Waals surface area contributed by atoms with Crippen LogP contribution in [0, 0.1) is 20.8 Å². The Balaban J connectivity index is 2.25. The fraction of sp³-hybridized carbons (Fsp3) is 0.294. The van der Waals surface area contributed by atoms with Gasteiger partial charge in [-0.1, -0.05) is 42.5 Å². The Hall–Kier alpha value is -1.60. The van der Waals surface area contributed by atoms with Crippen LogP contribution in [-0.2, 0) is 6.42 Å². The second kappa shape index (κ2) is 5.36. The Kier molecular flexibility index (Phi) is 3.83. The van der Waals surface area contributed by atoms with Crippen molar-refractivity contribution in [1.82, 2.24) is 0 Å². The van der Waals surface area contributed by atoms with Gasteiger partial charge in [-0.15, -0.1) is 0 Å². The summed E-state index contributed by atoms with van der Waals surface area (Å²) in [6, 6.07) is 14.3. The highest BCUT2D eigenvalue weighted by molar-refractivity contribution is 5.36. The Bertz CT molecular complexity index is 543. The molecule has 0 aromatic heterocycles. The Labute approximate surface area is 109 Å². The summed E-state index contributed by atoms with van der Waals surface area (Å²) >= 11 is 0. The van der Waals surface area contributed by atoms with Crippen molar-refractivity contribution in [2.45, 2.75) is 33.3 Å². The molecule has 0 fully saturated rings. The van der Waals surface area contributed by atoms with Gasteiger partial charge in [-0.3, -0.25) is 0 Å². The minimum Gasteiger partial charge on any atom is -0.388 e. The van der Waals surface area contributed by atoms with Crippen molar-refractivity contribution in [3.8, 4) is 0 Å². The molecule has 1 heteroatoms. The number of aliphatic hydroxyl groups excluding tert-OH is 1. The van der Waals surface area contributed by atoms with Gasteiger partial charge in [0.25, 0.3) is 0 Å². The van der Waals surface area contributed by atoms with Gasteiger partial charge < -0.3 is 5.11 Å². The number of hydrogen-bond acceptors (Lipinski definition) is 1. The highest BCUT2D eigenvalue weighted by Gasteiger charge is 2.12. The first kappa shape index (κ1) is 12.8. The zero-order valence-corrected chi connectivity index (χ0v) is 11.3. The topological polar surface area (TPSA) is 20.2 Å². The monoisotopic (exact) mass is 240 g/mol. The molecule has 0 saturated heterocycles. The summed E-state index contributed by atoms with van der Waals surface area (Å²) in [6.07, 6.45) is 0.253. The standard InChI is InChI=1S/C17H20O/c1-12-8-6-10-16(14(12)3)17(18)11-15-9-5-4-7-13(15)2/h4-10,17-18H,11H2,1-3H3. The minimum absolute atomic E-state index is 0.425. The molecular formula is C17H20O. The van der Waals surface area contributed by atoms with Crippen molar-refractivity contribution < 1.29 is 5.11 Å². The lowest BCUT2D eigenvalue weighted by Gasteiger charge is -2.16. The summed E-state index contributed by atoms with van der Waals surface area (Å²) in [6.45, 7) is 6.25. The highest BCUT2D eigenvalue weighted by Crippen LogP contribution is 2.24. The molecule has 2 aromatic carbocycles. The first-order chi connectivity index (χ1) is 8.59. The van der Waals surface area contributed by atoms with E-state index in [-0.39, 0.29) is 0 Å². The van der Waals surface area contributed by atoms with Crippen molar-refractivity contribution in [3.63, 3.8) is 0 Å². The third-order valence-corrected chi connectivity index (χ3v) is 3.68. The van der Waals surface area contributed by atoms with Gasteiger partial charge in [0.2, 0.25) is 0 Å². The Morgan fingerprint density at radius 2 is 1.56 bits per heavy atom. The molecule has 0 radical (unpaired) electrons. The van der Waals surface area contributed by atoms with Gasteiger partial charge >= 0.3 is 0 Å². The summed E-state index contributed by atoms with van der Waals surface area (Å²) in [7, 11) is 0. The smallest absolute Gasteiger partial charge is 0.0833 e. The summed E-state index contributed by atoms with van der Waals surface area (Å²) in [5.74, 6) is 0. The van der Waals surface area contributed by atoms with Gasteiger partial charge in [0.05, 0.1) is 6.10 Å². The molecule has 0 aliphatic carbocycles. The third kappa shape index (κ3) is 2.62. The summed E-state index contributed by atoms with van der Waals surface area (Å²) < 4.78 is 0. The maximum Gasteiger partial charge on any atom is 0.0833 e. The lowest BCUT2D eigenvalue weighted by Crippen LogP contribution is -2.05. The number of rotatable bonds is 3. The van der Waals surface area contributed by atoms with E-state index in [2.05, 4.69) is 39.0 Å². The number of aryl methyl sites for hydroxylation is 2. The molecule has 1 nitrogen and oxygen atoms in total. The average molecular weight is 240 g/mol. The molecular weight excluding hydrogens is 220 g/mol. The van der Waals surface area contributed by atoms with Crippen molar-refractivity contribution in [1.29, 1.82) is 0 Å². The molecule has 0 bridgehead atoms. The van der Waals surface area contributed by atoms with Crippen LogP contribution in [0.5, 0.6) is 0 Å². The van der Waals surface area contributed by atoms with Gasteiger partial charge in [0.15, 0.2) is 0 Å². The molecule has 0 spiro atoms. The quantitative estimate of drug-likeness (QED) is 0.863. The van der Waals surface area contributed by atoms with E-state index in [1.54, 1.807) is 0 Å². The van der Waals surface area contributed by atoms with Crippen LogP contribution < -0.4 is 0 Å². The van der Waals surface area contributed by atoms with Crippen LogP contribution in [0.25, 0.3) is 0 Å². The van der Waals surface area contributed by atoms with E-state index in [1.165, 1.54) is 22.3 Å². The van der Waals surface area contributed by atoms with E-state index in [9.17, 15) is 5.11 Å². The van der Waals surface area contributed by atoms with E-state index in [0.29, 0.717) is 6.42 Å². The highest BCUT2D eigenvalue weighted by atomic mass is 16.3. The van der Waals surface area contributed by atoms with Gasteiger partial charge in [-0.05, 0) is 48.6 Å². The average Bonchev–Trinajstić information content (AvgIpc) is 2.35. The second-order valence-electron chi connectivity index (χ2n) is 4.94.